The molecule has 370 valence electrons. The fraction of sp³-hybridized carbons (Fsp3) is 0.678. The lowest BCUT2D eigenvalue weighted by molar-refractivity contribution is -0.167. The van der Waals surface area contributed by atoms with Crippen molar-refractivity contribution >= 4 is 17.9 Å². The van der Waals surface area contributed by atoms with Crippen molar-refractivity contribution in [3.05, 3.63) is 97.2 Å². The maximum absolute atomic E-state index is 12.8. The zero-order valence-corrected chi connectivity index (χ0v) is 42.2. The van der Waals surface area contributed by atoms with Crippen LogP contribution in [-0.4, -0.2) is 37.2 Å². The second kappa shape index (κ2) is 52.9. The minimum atomic E-state index is -0.798. The Bertz CT molecular complexity index is 1310. The summed E-state index contributed by atoms with van der Waals surface area (Å²) < 4.78 is 16.8. The monoisotopic (exact) mass is 903 g/mol. The lowest BCUT2D eigenvalue weighted by Gasteiger charge is -2.18. The number of ether oxygens (including phenoxy) is 3. The molecule has 0 bridgehead atoms. The van der Waals surface area contributed by atoms with Gasteiger partial charge in [-0.05, 0) is 83.5 Å². The molecule has 0 amide bonds. The molecule has 0 fully saturated rings. The van der Waals surface area contributed by atoms with Crippen molar-refractivity contribution in [1.29, 1.82) is 0 Å². The predicted molar refractivity (Wildman–Crippen MR) is 279 cm³/mol. The van der Waals surface area contributed by atoms with Gasteiger partial charge in [0.25, 0.3) is 0 Å². The number of allylic oxidation sites excluding steroid dienone is 16. The number of unbranched alkanes of at least 4 members (excludes halogenated alkanes) is 22. The Morgan fingerprint density at radius 2 is 0.677 bits per heavy atom. The Balaban J connectivity index is 4.46. The van der Waals surface area contributed by atoms with E-state index in [1.807, 2.05) is 0 Å². The van der Waals surface area contributed by atoms with Crippen molar-refractivity contribution in [2.75, 3.05) is 13.2 Å². The van der Waals surface area contributed by atoms with Gasteiger partial charge in [0.05, 0.1) is 0 Å². The van der Waals surface area contributed by atoms with Crippen LogP contribution >= 0.6 is 0 Å². The summed E-state index contributed by atoms with van der Waals surface area (Å²) in [5.74, 6) is -0.948. The highest BCUT2D eigenvalue weighted by Gasteiger charge is 2.19. The van der Waals surface area contributed by atoms with Gasteiger partial charge in [-0.15, -0.1) is 0 Å². The third-order valence-electron chi connectivity index (χ3n) is 11.1. The number of carbonyl (C=O) groups excluding carboxylic acids is 3. The molecule has 6 nitrogen and oxygen atoms in total. The number of rotatable bonds is 47. The van der Waals surface area contributed by atoms with Gasteiger partial charge < -0.3 is 14.2 Å². The first-order valence-electron chi connectivity index (χ1n) is 26.8. The molecule has 0 rings (SSSR count). The van der Waals surface area contributed by atoms with Crippen LogP contribution in [0, 0.1) is 0 Å². The Hall–Kier alpha value is -3.67. The third-order valence-corrected chi connectivity index (χ3v) is 11.1. The van der Waals surface area contributed by atoms with Gasteiger partial charge in [-0.3, -0.25) is 14.4 Å². The summed E-state index contributed by atoms with van der Waals surface area (Å²) in [7, 11) is 0. The maximum atomic E-state index is 12.8. The van der Waals surface area contributed by atoms with Crippen LogP contribution in [0.4, 0.5) is 0 Å². The Morgan fingerprint density at radius 1 is 0.338 bits per heavy atom. The molecule has 0 radical (unpaired) electrons. The second-order valence-electron chi connectivity index (χ2n) is 17.4. The largest absolute Gasteiger partial charge is 0.462 e. The van der Waals surface area contributed by atoms with E-state index in [4.69, 9.17) is 14.2 Å². The van der Waals surface area contributed by atoms with Gasteiger partial charge in [-0.2, -0.15) is 0 Å². The van der Waals surface area contributed by atoms with Gasteiger partial charge in [0.2, 0.25) is 0 Å². The molecule has 0 heterocycles. The molecule has 0 aliphatic rings. The zero-order chi connectivity index (χ0) is 47.2. The average Bonchev–Trinajstić information content (AvgIpc) is 3.30. The average molecular weight is 903 g/mol. The molecule has 0 saturated carbocycles. The van der Waals surface area contributed by atoms with E-state index >= 15 is 0 Å². The minimum absolute atomic E-state index is 0.0982. The van der Waals surface area contributed by atoms with Crippen molar-refractivity contribution in [3.8, 4) is 0 Å². The van der Waals surface area contributed by atoms with E-state index in [1.165, 1.54) is 77.0 Å². The van der Waals surface area contributed by atoms with Gasteiger partial charge in [0, 0.05) is 19.3 Å². The summed E-state index contributed by atoms with van der Waals surface area (Å²) in [6, 6.07) is 0. The first kappa shape index (κ1) is 61.3. The Morgan fingerprint density at radius 3 is 1.12 bits per heavy atom. The van der Waals surface area contributed by atoms with Crippen LogP contribution in [0.2, 0.25) is 0 Å². The molecule has 1 atom stereocenters. The van der Waals surface area contributed by atoms with Gasteiger partial charge in [0.15, 0.2) is 6.10 Å². The molecule has 1 unspecified atom stereocenters. The smallest absolute Gasteiger partial charge is 0.306 e. The first-order valence-corrected chi connectivity index (χ1v) is 26.8. The van der Waals surface area contributed by atoms with E-state index in [0.29, 0.717) is 19.3 Å². The molecule has 0 spiro atoms. The van der Waals surface area contributed by atoms with E-state index < -0.39 is 6.10 Å². The van der Waals surface area contributed by atoms with E-state index in [2.05, 4.69) is 118 Å². The van der Waals surface area contributed by atoms with Crippen LogP contribution in [0.1, 0.15) is 239 Å². The highest BCUT2D eigenvalue weighted by Crippen LogP contribution is 2.15. The van der Waals surface area contributed by atoms with Crippen molar-refractivity contribution in [1.82, 2.24) is 0 Å². The zero-order valence-electron chi connectivity index (χ0n) is 42.2. The number of carbonyl (C=O) groups is 3. The SMILES string of the molecule is CC\C=C/C=C\C=C/CCCCCCCC(=O)OCC(COC(=O)CCCCC/C=C\C/C=C\C/C=C\C/C=C\C/C=C\CC)OC(=O)CCCCCCCCCCCCCCCCC. The minimum Gasteiger partial charge on any atom is -0.462 e. The van der Waals surface area contributed by atoms with Gasteiger partial charge >= 0.3 is 17.9 Å². The van der Waals surface area contributed by atoms with Crippen molar-refractivity contribution in [2.45, 2.75) is 245 Å². The van der Waals surface area contributed by atoms with Crippen LogP contribution in [0.3, 0.4) is 0 Å². The van der Waals surface area contributed by atoms with Crippen LogP contribution < -0.4 is 0 Å². The van der Waals surface area contributed by atoms with Crippen LogP contribution in [0.5, 0.6) is 0 Å². The van der Waals surface area contributed by atoms with E-state index in [1.54, 1.807) is 0 Å². The molecule has 65 heavy (non-hydrogen) atoms. The molecular weight excluding hydrogens is 805 g/mol. The lowest BCUT2D eigenvalue weighted by atomic mass is 10.0. The predicted octanol–water partition coefficient (Wildman–Crippen LogP) is 17.8. The van der Waals surface area contributed by atoms with E-state index in [0.717, 1.165) is 122 Å². The standard InChI is InChI=1S/C59H98O6/c1-4-7-10-13-16-19-22-25-27-28-29-30-32-34-37-40-43-46-49-52-58(61)64-55-56(54-63-57(60)51-48-45-42-39-36-33-24-21-18-15-12-9-6-3)65-59(62)53-50-47-44-41-38-35-31-26-23-20-17-14-11-8-5-2/h7,9-10,12,15-16,18-19,21,24-25,27,29-30,34,37,56H,4-6,8,11,13-14,17,20,22-23,26,28,31-33,35-36,38-55H2,1-3H3/b10-7-,12-9-,18-15-,19-16-,24-21-,27-25-,30-29-,37-34-. The van der Waals surface area contributed by atoms with Gasteiger partial charge in [0.1, 0.15) is 13.2 Å². The maximum Gasteiger partial charge on any atom is 0.306 e. The van der Waals surface area contributed by atoms with Gasteiger partial charge in [-0.25, -0.2) is 0 Å². The van der Waals surface area contributed by atoms with Crippen molar-refractivity contribution in [2.24, 2.45) is 0 Å². The highest BCUT2D eigenvalue weighted by molar-refractivity contribution is 5.71. The summed E-state index contributed by atoms with van der Waals surface area (Å²) in [6.45, 7) is 6.35. The summed E-state index contributed by atoms with van der Waals surface area (Å²) in [4.78, 5) is 38.0. The molecule has 0 N–H and O–H groups in total. The topological polar surface area (TPSA) is 78.9 Å². The van der Waals surface area contributed by atoms with E-state index in [-0.39, 0.29) is 31.1 Å². The quantitative estimate of drug-likeness (QED) is 0.0199. The van der Waals surface area contributed by atoms with Crippen molar-refractivity contribution in [3.63, 3.8) is 0 Å². The molecule has 0 aliphatic heterocycles. The summed E-state index contributed by atoms with van der Waals surface area (Å²) in [6.07, 6.45) is 69.6. The molecule has 0 aromatic heterocycles. The fourth-order valence-electron chi connectivity index (χ4n) is 7.17. The number of hydrogen-bond acceptors (Lipinski definition) is 6. The van der Waals surface area contributed by atoms with Crippen LogP contribution in [0.25, 0.3) is 0 Å². The Labute approximate surface area is 400 Å². The van der Waals surface area contributed by atoms with Crippen LogP contribution in [0.15, 0.2) is 97.2 Å². The summed E-state index contributed by atoms with van der Waals surface area (Å²) >= 11 is 0. The third kappa shape index (κ3) is 51.2. The highest BCUT2D eigenvalue weighted by atomic mass is 16.6. The van der Waals surface area contributed by atoms with Gasteiger partial charge in [-0.1, -0.05) is 234 Å². The first-order chi connectivity index (χ1) is 32.0. The molecular formula is C59H98O6. The van der Waals surface area contributed by atoms with E-state index in [9.17, 15) is 14.4 Å². The lowest BCUT2D eigenvalue weighted by Crippen LogP contribution is -2.30. The molecule has 0 aromatic carbocycles. The number of hydrogen-bond donors (Lipinski definition) is 0. The normalized spacial score (nSPS) is 12.8. The molecule has 6 heteroatoms. The molecule has 0 aromatic rings. The molecule has 0 aliphatic carbocycles. The summed E-state index contributed by atoms with van der Waals surface area (Å²) in [5, 5.41) is 0. The van der Waals surface area contributed by atoms with Crippen LogP contribution in [-0.2, 0) is 28.6 Å². The summed E-state index contributed by atoms with van der Waals surface area (Å²) in [5.41, 5.74) is 0. The number of esters is 3. The Kier molecular flexibility index (Phi) is 50.0. The second-order valence-corrected chi connectivity index (χ2v) is 17.4. The van der Waals surface area contributed by atoms with Crippen molar-refractivity contribution < 1.29 is 28.6 Å². The molecule has 0 saturated heterocycles. The fourth-order valence-corrected chi connectivity index (χ4v) is 7.17.